The topological polar surface area (TPSA) is 76.0 Å². The van der Waals surface area contributed by atoms with Crippen LogP contribution in [-0.2, 0) is 11.8 Å². The first-order valence-electron chi connectivity index (χ1n) is 4.71. The highest BCUT2D eigenvalue weighted by Crippen LogP contribution is 2.20. The number of urea groups is 1. The number of carbonyl (C=O) groups excluding carboxylic acids is 2. The molecule has 0 unspecified atom stereocenters. The molecule has 1 rings (SSSR count). The quantitative estimate of drug-likeness (QED) is 0.750. The summed E-state index contributed by atoms with van der Waals surface area (Å²) < 4.78 is 1.81. The van der Waals surface area contributed by atoms with Crippen LogP contribution in [0.1, 0.15) is 6.92 Å². The van der Waals surface area contributed by atoms with Crippen molar-refractivity contribution in [2.75, 3.05) is 7.05 Å². The SMILES string of the molecule is CNC(=O)NC(=O)[C@H](C)Sc1nccn1C. The second-order valence-electron chi connectivity index (χ2n) is 3.15. The van der Waals surface area contributed by atoms with Crippen molar-refractivity contribution < 1.29 is 9.59 Å². The molecule has 0 saturated heterocycles. The average molecular weight is 242 g/mol. The zero-order chi connectivity index (χ0) is 12.1. The number of aryl methyl sites for hydroxylation is 1. The van der Waals surface area contributed by atoms with Crippen LogP contribution in [0.5, 0.6) is 0 Å². The summed E-state index contributed by atoms with van der Waals surface area (Å²) in [5.41, 5.74) is 0. The van der Waals surface area contributed by atoms with Gasteiger partial charge in [0.25, 0.3) is 0 Å². The molecule has 0 aromatic carbocycles. The van der Waals surface area contributed by atoms with Crippen molar-refractivity contribution in [1.29, 1.82) is 0 Å². The molecule has 1 heterocycles. The molecule has 1 aromatic rings. The molecule has 3 amide bonds. The van der Waals surface area contributed by atoms with Crippen molar-refractivity contribution in [3.05, 3.63) is 12.4 Å². The Kier molecular flexibility index (Phi) is 4.36. The third kappa shape index (κ3) is 3.27. The Bertz CT molecular complexity index is 391. The first-order valence-corrected chi connectivity index (χ1v) is 5.59. The van der Waals surface area contributed by atoms with Gasteiger partial charge in [-0.2, -0.15) is 0 Å². The highest BCUT2D eigenvalue weighted by molar-refractivity contribution is 8.00. The van der Waals surface area contributed by atoms with Crippen LogP contribution in [-0.4, -0.2) is 33.8 Å². The van der Waals surface area contributed by atoms with E-state index >= 15 is 0 Å². The lowest BCUT2D eigenvalue weighted by Gasteiger charge is -2.10. The van der Waals surface area contributed by atoms with Gasteiger partial charge in [-0.1, -0.05) is 11.8 Å². The van der Waals surface area contributed by atoms with Crippen molar-refractivity contribution in [2.24, 2.45) is 7.05 Å². The summed E-state index contributed by atoms with van der Waals surface area (Å²) in [5, 5.41) is 4.89. The van der Waals surface area contributed by atoms with Gasteiger partial charge in [-0.15, -0.1) is 0 Å². The van der Waals surface area contributed by atoms with Gasteiger partial charge in [0.05, 0.1) is 5.25 Å². The number of nitrogens with one attached hydrogen (secondary N) is 2. The van der Waals surface area contributed by atoms with Crippen LogP contribution in [0.4, 0.5) is 4.79 Å². The summed E-state index contributed by atoms with van der Waals surface area (Å²) in [6.07, 6.45) is 3.46. The summed E-state index contributed by atoms with van der Waals surface area (Å²) in [7, 11) is 3.30. The minimum Gasteiger partial charge on any atom is -0.341 e. The Morgan fingerprint density at radius 2 is 2.25 bits per heavy atom. The molecule has 0 saturated carbocycles. The first-order chi connectivity index (χ1) is 7.54. The molecule has 0 aliphatic carbocycles. The lowest BCUT2D eigenvalue weighted by atomic mass is 10.4. The molecule has 1 aromatic heterocycles. The van der Waals surface area contributed by atoms with Crippen molar-refractivity contribution in [3.8, 4) is 0 Å². The van der Waals surface area contributed by atoms with Crippen LogP contribution >= 0.6 is 11.8 Å². The Labute approximate surface area is 97.8 Å². The van der Waals surface area contributed by atoms with E-state index in [2.05, 4.69) is 15.6 Å². The number of thioether (sulfide) groups is 1. The van der Waals surface area contributed by atoms with E-state index < -0.39 is 6.03 Å². The number of hydrogen-bond donors (Lipinski definition) is 2. The van der Waals surface area contributed by atoms with Crippen LogP contribution in [0.2, 0.25) is 0 Å². The number of amides is 3. The normalized spacial score (nSPS) is 11.9. The van der Waals surface area contributed by atoms with Crippen LogP contribution in [0.3, 0.4) is 0 Å². The van der Waals surface area contributed by atoms with Gasteiger partial charge < -0.3 is 9.88 Å². The summed E-state index contributed by atoms with van der Waals surface area (Å²) >= 11 is 1.30. The fourth-order valence-electron chi connectivity index (χ4n) is 0.953. The molecule has 6 nitrogen and oxygen atoms in total. The first kappa shape index (κ1) is 12.6. The van der Waals surface area contributed by atoms with E-state index in [1.807, 2.05) is 11.6 Å². The molecule has 0 aliphatic heterocycles. The number of imide groups is 1. The molecule has 0 aliphatic rings. The van der Waals surface area contributed by atoms with Gasteiger partial charge in [0.1, 0.15) is 0 Å². The van der Waals surface area contributed by atoms with Crippen LogP contribution < -0.4 is 10.6 Å². The molecular formula is C9H14N4O2S. The molecule has 16 heavy (non-hydrogen) atoms. The molecule has 88 valence electrons. The standard InChI is InChI=1S/C9H14N4O2S/c1-6(7(14)12-8(15)10-2)16-9-11-4-5-13(9)3/h4-6H,1-3H3,(H2,10,12,14,15)/t6-/m0/s1. The number of imidazole rings is 1. The van der Waals surface area contributed by atoms with Gasteiger partial charge in [0.2, 0.25) is 5.91 Å². The van der Waals surface area contributed by atoms with Crippen LogP contribution in [0.25, 0.3) is 0 Å². The molecule has 1 atom stereocenters. The molecule has 2 N–H and O–H groups in total. The number of rotatable bonds is 3. The van der Waals surface area contributed by atoms with Crippen LogP contribution in [0, 0.1) is 0 Å². The predicted molar refractivity (Wildman–Crippen MR) is 61.1 cm³/mol. The van der Waals surface area contributed by atoms with E-state index in [0.29, 0.717) is 0 Å². The van der Waals surface area contributed by atoms with Gasteiger partial charge in [0, 0.05) is 26.5 Å². The molecule has 0 fully saturated rings. The molecule has 0 radical (unpaired) electrons. The molecule has 7 heteroatoms. The average Bonchev–Trinajstić information content (AvgIpc) is 2.64. The van der Waals surface area contributed by atoms with Gasteiger partial charge in [-0.05, 0) is 6.92 Å². The van der Waals surface area contributed by atoms with E-state index in [1.165, 1.54) is 18.8 Å². The fraction of sp³-hybridized carbons (Fsp3) is 0.444. The number of carbonyl (C=O) groups is 2. The second-order valence-corrected chi connectivity index (χ2v) is 4.46. The number of aromatic nitrogens is 2. The lowest BCUT2D eigenvalue weighted by molar-refractivity contribution is -0.119. The third-order valence-corrected chi connectivity index (χ3v) is 3.06. The van der Waals surface area contributed by atoms with Crippen molar-refractivity contribution in [2.45, 2.75) is 17.3 Å². The summed E-state index contributed by atoms with van der Waals surface area (Å²) in [5.74, 6) is -0.340. The zero-order valence-corrected chi connectivity index (χ0v) is 10.2. The molecule has 0 spiro atoms. The lowest BCUT2D eigenvalue weighted by Crippen LogP contribution is -2.41. The minimum atomic E-state index is -0.503. The smallest absolute Gasteiger partial charge is 0.321 e. The summed E-state index contributed by atoms with van der Waals surface area (Å²) in [6, 6.07) is -0.503. The van der Waals surface area contributed by atoms with E-state index in [9.17, 15) is 9.59 Å². The van der Waals surface area contributed by atoms with E-state index in [-0.39, 0.29) is 11.2 Å². The zero-order valence-electron chi connectivity index (χ0n) is 9.35. The highest BCUT2D eigenvalue weighted by atomic mass is 32.2. The third-order valence-electron chi connectivity index (χ3n) is 1.89. The minimum absolute atomic E-state index is 0.340. The Morgan fingerprint density at radius 3 is 2.75 bits per heavy atom. The van der Waals surface area contributed by atoms with E-state index in [4.69, 9.17) is 0 Å². The maximum Gasteiger partial charge on any atom is 0.321 e. The molecular weight excluding hydrogens is 228 g/mol. The predicted octanol–water partition coefficient (Wildman–Crippen LogP) is 0.356. The largest absolute Gasteiger partial charge is 0.341 e. The monoisotopic (exact) mass is 242 g/mol. The summed E-state index contributed by atoms with van der Waals surface area (Å²) in [4.78, 5) is 26.5. The maximum absolute atomic E-state index is 11.5. The Hall–Kier alpha value is -1.50. The summed E-state index contributed by atoms with van der Waals surface area (Å²) in [6.45, 7) is 1.72. The maximum atomic E-state index is 11.5. The Morgan fingerprint density at radius 1 is 1.56 bits per heavy atom. The van der Waals surface area contributed by atoms with Crippen LogP contribution in [0.15, 0.2) is 17.6 Å². The fourth-order valence-corrected chi connectivity index (χ4v) is 1.78. The second kappa shape index (κ2) is 5.55. The Balaban J connectivity index is 2.52. The van der Waals surface area contributed by atoms with Gasteiger partial charge in [-0.25, -0.2) is 9.78 Å². The van der Waals surface area contributed by atoms with Gasteiger partial charge in [-0.3, -0.25) is 10.1 Å². The number of nitrogens with zero attached hydrogens (tertiary/aromatic N) is 2. The van der Waals surface area contributed by atoms with Crippen molar-refractivity contribution in [3.63, 3.8) is 0 Å². The van der Waals surface area contributed by atoms with Gasteiger partial charge >= 0.3 is 6.03 Å². The van der Waals surface area contributed by atoms with Crippen molar-refractivity contribution in [1.82, 2.24) is 20.2 Å². The highest BCUT2D eigenvalue weighted by Gasteiger charge is 2.18. The van der Waals surface area contributed by atoms with Crippen molar-refractivity contribution >= 4 is 23.7 Å². The number of hydrogen-bond acceptors (Lipinski definition) is 4. The van der Waals surface area contributed by atoms with E-state index in [1.54, 1.807) is 19.3 Å². The van der Waals surface area contributed by atoms with E-state index in [0.717, 1.165) is 5.16 Å². The molecule has 0 bridgehead atoms. The van der Waals surface area contributed by atoms with Gasteiger partial charge in [0.15, 0.2) is 5.16 Å².